The number of para-hydroxylation sites is 3. The van der Waals surface area contributed by atoms with Crippen molar-refractivity contribution in [2.75, 3.05) is 38.2 Å². The molecule has 2 aromatic carbocycles. The second kappa shape index (κ2) is 8.32. The molecule has 0 atom stereocenters. The van der Waals surface area contributed by atoms with Gasteiger partial charge in [0.25, 0.3) is 5.69 Å². The lowest BCUT2D eigenvalue weighted by atomic mass is 10.1. The van der Waals surface area contributed by atoms with Crippen molar-refractivity contribution in [1.82, 2.24) is 10.1 Å². The van der Waals surface area contributed by atoms with E-state index in [1.54, 1.807) is 19.2 Å². The van der Waals surface area contributed by atoms with E-state index in [4.69, 9.17) is 9.26 Å². The molecule has 1 saturated heterocycles. The monoisotopic (exact) mass is 394 g/mol. The lowest BCUT2D eigenvalue weighted by Gasteiger charge is -2.35. The molecule has 0 amide bonds. The molecule has 1 aliphatic rings. The molecule has 1 fully saturated rings. The third-order valence-corrected chi connectivity index (χ3v) is 5.11. The van der Waals surface area contributed by atoms with Gasteiger partial charge in [-0.1, -0.05) is 29.4 Å². The minimum atomic E-state index is -0.324. The summed E-state index contributed by atoms with van der Waals surface area (Å²) in [5.41, 5.74) is 2.47. The van der Waals surface area contributed by atoms with Crippen LogP contribution in [0.1, 0.15) is 5.76 Å². The summed E-state index contributed by atoms with van der Waals surface area (Å²) in [7, 11) is 1.64. The van der Waals surface area contributed by atoms with Crippen molar-refractivity contribution in [3.05, 3.63) is 70.5 Å². The van der Waals surface area contributed by atoms with Crippen molar-refractivity contribution in [3.63, 3.8) is 0 Å². The Hall–Kier alpha value is -3.39. The van der Waals surface area contributed by atoms with Crippen LogP contribution in [-0.4, -0.2) is 48.3 Å². The number of ether oxygens (including phenoxy) is 1. The summed E-state index contributed by atoms with van der Waals surface area (Å²) in [6.07, 6.45) is 0. The van der Waals surface area contributed by atoms with E-state index in [1.165, 1.54) is 0 Å². The maximum absolute atomic E-state index is 11.3. The highest BCUT2D eigenvalue weighted by atomic mass is 16.6. The second-order valence-corrected chi connectivity index (χ2v) is 6.89. The van der Waals surface area contributed by atoms with Crippen LogP contribution >= 0.6 is 0 Å². The number of hydrogen-bond acceptors (Lipinski definition) is 7. The summed E-state index contributed by atoms with van der Waals surface area (Å²) < 4.78 is 10.9. The van der Waals surface area contributed by atoms with Crippen molar-refractivity contribution in [1.29, 1.82) is 0 Å². The van der Waals surface area contributed by atoms with Gasteiger partial charge >= 0.3 is 0 Å². The summed E-state index contributed by atoms with van der Waals surface area (Å²) in [5, 5.41) is 15.5. The van der Waals surface area contributed by atoms with E-state index in [9.17, 15) is 10.1 Å². The minimum absolute atomic E-state index is 0.151. The van der Waals surface area contributed by atoms with Crippen molar-refractivity contribution in [2.45, 2.75) is 6.54 Å². The highest BCUT2D eigenvalue weighted by molar-refractivity contribution is 5.67. The van der Waals surface area contributed by atoms with E-state index < -0.39 is 0 Å². The quantitative estimate of drug-likeness (QED) is 0.467. The minimum Gasteiger partial charge on any atom is -0.496 e. The molecule has 0 unspecified atom stereocenters. The Bertz CT molecular complexity index is 996. The molecule has 8 heteroatoms. The zero-order valence-corrected chi connectivity index (χ0v) is 16.2. The molecular weight excluding hydrogens is 372 g/mol. The number of aromatic nitrogens is 1. The first kappa shape index (κ1) is 18.9. The molecular formula is C21H22N4O4. The number of anilines is 1. The lowest BCUT2D eigenvalue weighted by Crippen LogP contribution is -2.46. The van der Waals surface area contributed by atoms with Crippen molar-refractivity contribution >= 4 is 11.4 Å². The number of nitro groups is 1. The third-order valence-electron chi connectivity index (χ3n) is 5.11. The third kappa shape index (κ3) is 4.07. The van der Waals surface area contributed by atoms with Crippen LogP contribution in [0.5, 0.6) is 5.75 Å². The highest BCUT2D eigenvalue weighted by Crippen LogP contribution is 2.30. The number of piperazine rings is 1. The molecule has 0 aliphatic carbocycles. The summed E-state index contributed by atoms with van der Waals surface area (Å²) in [6, 6.07) is 16.5. The Kier molecular flexibility index (Phi) is 5.44. The van der Waals surface area contributed by atoms with Gasteiger partial charge in [0.05, 0.1) is 18.6 Å². The molecule has 3 aromatic rings. The van der Waals surface area contributed by atoms with Crippen LogP contribution in [0.25, 0.3) is 11.3 Å². The Labute approximate surface area is 168 Å². The number of rotatable bonds is 6. The molecule has 0 N–H and O–H groups in total. The van der Waals surface area contributed by atoms with Gasteiger partial charge in [-0.25, -0.2) is 0 Å². The van der Waals surface area contributed by atoms with Crippen molar-refractivity contribution < 1.29 is 14.2 Å². The zero-order chi connectivity index (χ0) is 20.2. The van der Waals surface area contributed by atoms with E-state index in [0.717, 1.165) is 48.9 Å². The van der Waals surface area contributed by atoms with Gasteiger partial charge in [-0.15, -0.1) is 0 Å². The van der Waals surface area contributed by atoms with Gasteiger partial charge in [0, 0.05) is 43.9 Å². The van der Waals surface area contributed by atoms with Crippen molar-refractivity contribution in [2.24, 2.45) is 0 Å². The fourth-order valence-corrected chi connectivity index (χ4v) is 3.62. The highest BCUT2D eigenvalue weighted by Gasteiger charge is 2.24. The Morgan fingerprint density at radius 1 is 1.10 bits per heavy atom. The molecule has 0 radical (unpaired) electrons. The van der Waals surface area contributed by atoms with Gasteiger partial charge in [-0.2, -0.15) is 0 Å². The second-order valence-electron chi connectivity index (χ2n) is 6.89. The Balaban J connectivity index is 1.40. The number of benzene rings is 2. The van der Waals surface area contributed by atoms with Gasteiger partial charge in [0.1, 0.15) is 17.1 Å². The standard InChI is InChI=1S/C21H22N4O4/c1-28-21-9-5-2-6-17(21)18-14-16(29-22-18)15-23-10-12-24(13-11-23)19-7-3-4-8-20(19)25(26)27/h2-9,14H,10-13,15H2,1H3. The first-order valence-electron chi connectivity index (χ1n) is 9.45. The molecule has 1 aliphatic heterocycles. The van der Waals surface area contributed by atoms with Crippen LogP contribution in [0.4, 0.5) is 11.4 Å². The lowest BCUT2D eigenvalue weighted by molar-refractivity contribution is -0.384. The van der Waals surface area contributed by atoms with Gasteiger partial charge < -0.3 is 14.2 Å². The van der Waals surface area contributed by atoms with Gasteiger partial charge in [-0.05, 0) is 18.2 Å². The maximum Gasteiger partial charge on any atom is 0.292 e. The average molecular weight is 394 g/mol. The predicted octanol–water partition coefficient (Wildman–Crippen LogP) is 3.58. The molecule has 150 valence electrons. The molecule has 8 nitrogen and oxygen atoms in total. The SMILES string of the molecule is COc1ccccc1-c1cc(CN2CCN(c3ccccc3[N+](=O)[O-])CC2)on1. The largest absolute Gasteiger partial charge is 0.496 e. The normalized spacial score (nSPS) is 14.7. The zero-order valence-electron chi connectivity index (χ0n) is 16.2. The van der Waals surface area contributed by atoms with Crippen molar-refractivity contribution in [3.8, 4) is 17.0 Å². The molecule has 0 bridgehead atoms. The summed E-state index contributed by atoms with van der Waals surface area (Å²) in [5.74, 6) is 1.54. The van der Waals surface area contributed by atoms with Gasteiger partial charge in [0.2, 0.25) is 0 Å². The van der Waals surface area contributed by atoms with Gasteiger partial charge in [-0.3, -0.25) is 15.0 Å². The van der Waals surface area contributed by atoms with Crippen LogP contribution < -0.4 is 9.64 Å². The number of nitrogens with zero attached hydrogens (tertiary/aromatic N) is 4. The van der Waals surface area contributed by atoms with Gasteiger partial charge in [0.15, 0.2) is 5.76 Å². The number of nitro benzene ring substituents is 1. The first-order valence-corrected chi connectivity index (χ1v) is 9.45. The fourth-order valence-electron chi connectivity index (χ4n) is 3.62. The maximum atomic E-state index is 11.3. The predicted molar refractivity (Wildman–Crippen MR) is 109 cm³/mol. The van der Waals surface area contributed by atoms with E-state index >= 15 is 0 Å². The van der Waals surface area contributed by atoms with Crippen LogP contribution in [-0.2, 0) is 6.54 Å². The van der Waals surface area contributed by atoms with E-state index in [0.29, 0.717) is 12.2 Å². The summed E-state index contributed by atoms with van der Waals surface area (Å²) in [4.78, 5) is 15.3. The van der Waals surface area contributed by atoms with E-state index in [-0.39, 0.29) is 10.6 Å². The van der Waals surface area contributed by atoms with Crippen LogP contribution in [0.2, 0.25) is 0 Å². The molecule has 4 rings (SSSR count). The first-order chi connectivity index (χ1) is 14.2. The Morgan fingerprint density at radius 2 is 1.83 bits per heavy atom. The topological polar surface area (TPSA) is 84.9 Å². The van der Waals surface area contributed by atoms with E-state index in [2.05, 4.69) is 15.0 Å². The average Bonchev–Trinajstić information content (AvgIpc) is 3.22. The number of hydrogen-bond donors (Lipinski definition) is 0. The van der Waals surface area contributed by atoms with E-state index in [1.807, 2.05) is 42.5 Å². The molecule has 0 spiro atoms. The molecule has 0 saturated carbocycles. The number of methoxy groups -OCH3 is 1. The summed E-state index contributed by atoms with van der Waals surface area (Å²) in [6.45, 7) is 3.66. The van der Waals surface area contributed by atoms with Crippen LogP contribution in [0, 0.1) is 10.1 Å². The van der Waals surface area contributed by atoms with Crippen LogP contribution in [0.15, 0.2) is 59.1 Å². The fraction of sp³-hybridized carbons (Fsp3) is 0.286. The molecule has 2 heterocycles. The molecule has 1 aromatic heterocycles. The Morgan fingerprint density at radius 3 is 2.59 bits per heavy atom. The molecule has 29 heavy (non-hydrogen) atoms. The smallest absolute Gasteiger partial charge is 0.292 e. The summed E-state index contributed by atoms with van der Waals surface area (Å²) >= 11 is 0. The van der Waals surface area contributed by atoms with Crippen LogP contribution in [0.3, 0.4) is 0 Å².